The molecule has 2 heterocycles. The van der Waals surface area contributed by atoms with Crippen molar-refractivity contribution in [3.05, 3.63) is 0 Å². The Morgan fingerprint density at radius 1 is 1.28 bits per heavy atom. The van der Waals surface area contributed by atoms with Crippen LogP contribution in [0.4, 0.5) is 0 Å². The van der Waals surface area contributed by atoms with Gasteiger partial charge in [-0.1, -0.05) is 19.8 Å². The van der Waals surface area contributed by atoms with Crippen molar-refractivity contribution in [1.29, 1.82) is 0 Å². The monoisotopic (exact) mass is 250 g/mol. The van der Waals surface area contributed by atoms with Gasteiger partial charge in [-0.25, -0.2) is 0 Å². The Morgan fingerprint density at radius 3 is 2.83 bits per heavy atom. The van der Waals surface area contributed by atoms with E-state index in [2.05, 4.69) is 24.1 Å². The second kappa shape index (κ2) is 4.52. The van der Waals surface area contributed by atoms with Crippen LogP contribution >= 0.6 is 0 Å². The van der Waals surface area contributed by atoms with Crippen LogP contribution in [0.15, 0.2) is 0 Å². The van der Waals surface area contributed by atoms with Gasteiger partial charge in [-0.05, 0) is 44.6 Å². The van der Waals surface area contributed by atoms with Crippen molar-refractivity contribution in [3.63, 3.8) is 0 Å². The molecule has 3 rings (SSSR count). The lowest BCUT2D eigenvalue weighted by atomic mass is 9.67. The van der Waals surface area contributed by atoms with Crippen molar-refractivity contribution in [2.75, 3.05) is 19.6 Å². The van der Waals surface area contributed by atoms with Crippen molar-refractivity contribution in [2.45, 2.75) is 52.0 Å². The topological polar surface area (TPSA) is 32.3 Å². The Kier molecular flexibility index (Phi) is 3.13. The molecule has 102 valence electrons. The molecule has 1 aliphatic carbocycles. The third kappa shape index (κ3) is 1.70. The number of carbonyl (C=O) groups is 1. The number of amides is 1. The minimum Gasteiger partial charge on any atom is -0.339 e. The fourth-order valence-corrected chi connectivity index (χ4v) is 4.34. The van der Waals surface area contributed by atoms with Gasteiger partial charge in [0.2, 0.25) is 5.91 Å². The fraction of sp³-hybridized carbons (Fsp3) is 0.933. The van der Waals surface area contributed by atoms with Crippen LogP contribution in [0.2, 0.25) is 0 Å². The van der Waals surface area contributed by atoms with Crippen molar-refractivity contribution in [2.24, 2.45) is 17.3 Å². The number of rotatable bonds is 1. The van der Waals surface area contributed by atoms with E-state index in [0.717, 1.165) is 26.1 Å². The van der Waals surface area contributed by atoms with Crippen LogP contribution in [0.1, 0.15) is 46.0 Å². The molecule has 3 fully saturated rings. The number of likely N-dealkylation sites (tertiary alicyclic amines) is 1. The lowest BCUT2D eigenvalue weighted by molar-refractivity contribution is -0.146. The van der Waals surface area contributed by atoms with Gasteiger partial charge in [0.25, 0.3) is 0 Å². The second-order valence-electron chi connectivity index (χ2n) is 6.73. The Balaban J connectivity index is 1.82. The van der Waals surface area contributed by atoms with E-state index in [9.17, 15) is 4.79 Å². The van der Waals surface area contributed by atoms with Crippen LogP contribution in [0.3, 0.4) is 0 Å². The van der Waals surface area contributed by atoms with E-state index in [1.165, 1.54) is 25.7 Å². The van der Waals surface area contributed by atoms with Gasteiger partial charge in [-0.15, -0.1) is 0 Å². The van der Waals surface area contributed by atoms with Crippen LogP contribution in [0.25, 0.3) is 0 Å². The molecule has 1 amide bonds. The van der Waals surface area contributed by atoms with Crippen molar-refractivity contribution in [1.82, 2.24) is 10.2 Å². The number of hydrogen-bond donors (Lipinski definition) is 1. The molecule has 0 spiro atoms. The molecular formula is C15H26N2O. The molecule has 0 bridgehead atoms. The molecule has 1 saturated carbocycles. The van der Waals surface area contributed by atoms with Gasteiger partial charge in [0.1, 0.15) is 0 Å². The summed E-state index contributed by atoms with van der Waals surface area (Å²) in [5.41, 5.74) is -0.0451. The largest absolute Gasteiger partial charge is 0.339 e. The molecule has 4 atom stereocenters. The van der Waals surface area contributed by atoms with Crippen molar-refractivity contribution < 1.29 is 4.79 Å². The van der Waals surface area contributed by atoms with Gasteiger partial charge in [0, 0.05) is 19.1 Å². The molecule has 3 nitrogen and oxygen atoms in total. The average molecular weight is 250 g/mol. The highest BCUT2D eigenvalue weighted by Crippen LogP contribution is 2.46. The van der Waals surface area contributed by atoms with Crippen molar-refractivity contribution >= 4 is 5.91 Å². The van der Waals surface area contributed by atoms with Gasteiger partial charge in [-0.3, -0.25) is 4.79 Å². The van der Waals surface area contributed by atoms with Crippen LogP contribution in [0.5, 0.6) is 0 Å². The molecule has 2 saturated heterocycles. The normalized spacial score (nSPS) is 44.1. The lowest BCUT2D eigenvalue weighted by Crippen LogP contribution is -2.51. The summed E-state index contributed by atoms with van der Waals surface area (Å²) in [5, 5.41) is 3.49. The van der Waals surface area contributed by atoms with Gasteiger partial charge in [-0.2, -0.15) is 0 Å². The zero-order valence-corrected chi connectivity index (χ0v) is 11.7. The van der Waals surface area contributed by atoms with E-state index < -0.39 is 0 Å². The first-order valence-electron chi connectivity index (χ1n) is 7.67. The van der Waals surface area contributed by atoms with E-state index in [0.29, 0.717) is 23.8 Å². The summed E-state index contributed by atoms with van der Waals surface area (Å²) < 4.78 is 0. The molecular weight excluding hydrogens is 224 g/mol. The predicted molar refractivity (Wildman–Crippen MR) is 72.2 cm³/mol. The molecule has 1 N–H and O–H groups in total. The van der Waals surface area contributed by atoms with E-state index in [4.69, 9.17) is 0 Å². The summed E-state index contributed by atoms with van der Waals surface area (Å²) in [5.74, 6) is 1.73. The summed E-state index contributed by atoms with van der Waals surface area (Å²) >= 11 is 0. The smallest absolute Gasteiger partial charge is 0.230 e. The zero-order valence-electron chi connectivity index (χ0n) is 11.7. The maximum atomic E-state index is 13.0. The molecule has 2 unspecified atom stereocenters. The number of fused-ring (bicyclic) bond motifs is 1. The van der Waals surface area contributed by atoms with Crippen molar-refractivity contribution in [3.8, 4) is 0 Å². The molecule has 0 radical (unpaired) electrons. The summed E-state index contributed by atoms with van der Waals surface area (Å²) in [4.78, 5) is 15.2. The summed E-state index contributed by atoms with van der Waals surface area (Å²) in [6.45, 7) is 7.47. The van der Waals surface area contributed by atoms with Crippen LogP contribution in [0, 0.1) is 17.3 Å². The van der Waals surface area contributed by atoms with Crippen LogP contribution < -0.4 is 5.32 Å². The maximum Gasteiger partial charge on any atom is 0.230 e. The number of carbonyl (C=O) groups excluding carboxylic acids is 1. The van der Waals surface area contributed by atoms with Gasteiger partial charge in [0.15, 0.2) is 0 Å². The first kappa shape index (κ1) is 12.5. The Hall–Kier alpha value is -0.570. The van der Waals surface area contributed by atoms with E-state index in [1.54, 1.807) is 0 Å². The summed E-state index contributed by atoms with van der Waals surface area (Å²) in [6, 6.07) is 0.440. The average Bonchev–Trinajstić information content (AvgIpc) is 2.95. The Morgan fingerprint density at radius 2 is 2.11 bits per heavy atom. The van der Waals surface area contributed by atoms with Crippen LogP contribution in [-0.4, -0.2) is 36.5 Å². The van der Waals surface area contributed by atoms with Gasteiger partial charge in [0.05, 0.1) is 5.41 Å². The first-order chi connectivity index (χ1) is 8.65. The standard InChI is InChI=1S/C15H26N2O/c1-11-6-8-17(12(11)2)14(18)15-7-4-3-5-13(15)9-16-10-15/h11-13,16H,3-10H2,1-2H3/t11?,12?,13-,15+/m0/s1. The molecule has 2 aliphatic heterocycles. The van der Waals surface area contributed by atoms with Gasteiger partial charge < -0.3 is 10.2 Å². The molecule has 3 aliphatic rings. The predicted octanol–water partition coefficient (Wildman–Crippen LogP) is 2.02. The second-order valence-corrected chi connectivity index (χ2v) is 6.73. The quantitative estimate of drug-likeness (QED) is 0.772. The highest BCUT2D eigenvalue weighted by molar-refractivity contribution is 5.84. The van der Waals surface area contributed by atoms with Crippen LogP contribution in [-0.2, 0) is 4.79 Å². The first-order valence-corrected chi connectivity index (χ1v) is 7.67. The minimum atomic E-state index is -0.0451. The molecule has 0 aromatic heterocycles. The van der Waals surface area contributed by atoms with E-state index >= 15 is 0 Å². The third-order valence-electron chi connectivity index (χ3n) is 5.87. The Labute approximate surface area is 110 Å². The molecule has 18 heavy (non-hydrogen) atoms. The number of nitrogens with zero attached hydrogens (tertiary/aromatic N) is 1. The van der Waals surface area contributed by atoms with Gasteiger partial charge >= 0.3 is 0 Å². The Bertz CT molecular complexity index is 343. The number of hydrogen-bond acceptors (Lipinski definition) is 2. The zero-order chi connectivity index (χ0) is 12.8. The van der Waals surface area contributed by atoms with E-state index in [-0.39, 0.29) is 5.41 Å². The lowest BCUT2D eigenvalue weighted by Gasteiger charge is -2.41. The maximum absolute atomic E-state index is 13.0. The summed E-state index contributed by atoms with van der Waals surface area (Å²) in [6.07, 6.45) is 6.09. The molecule has 0 aromatic carbocycles. The third-order valence-corrected chi connectivity index (χ3v) is 5.87. The highest BCUT2D eigenvalue weighted by Gasteiger charge is 2.52. The summed E-state index contributed by atoms with van der Waals surface area (Å²) in [7, 11) is 0. The molecule has 0 aromatic rings. The number of nitrogens with one attached hydrogen (secondary N) is 1. The fourth-order valence-electron chi connectivity index (χ4n) is 4.34. The highest BCUT2D eigenvalue weighted by atomic mass is 16.2. The van der Waals surface area contributed by atoms with E-state index in [1.807, 2.05) is 0 Å². The molecule has 3 heteroatoms. The minimum absolute atomic E-state index is 0.0451. The SMILES string of the molecule is CC1CCN(C(=O)[C@@]23CCCC[C@H]2CNC3)C1C.